The molecule has 0 saturated carbocycles. The second-order valence-electron chi connectivity index (χ2n) is 2.12. The van der Waals surface area contributed by atoms with E-state index in [1.54, 1.807) is 0 Å². The molecule has 0 aliphatic heterocycles. The molecule has 0 aromatic carbocycles. The van der Waals surface area contributed by atoms with Crippen molar-refractivity contribution < 1.29 is 13.2 Å². The van der Waals surface area contributed by atoms with Gasteiger partial charge in [-0.1, -0.05) is 13.8 Å². The first-order chi connectivity index (χ1) is 3.25. The molecule has 8 heavy (non-hydrogen) atoms. The van der Waals surface area contributed by atoms with Gasteiger partial charge in [-0.15, -0.1) is 0 Å². The number of halogens is 3. The van der Waals surface area contributed by atoms with Crippen molar-refractivity contribution in [3.63, 3.8) is 0 Å². The second-order valence-corrected chi connectivity index (χ2v) is 2.12. The Bertz CT molecular complexity index is 66.3. The van der Waals surface area contributed by atoms with E-state index in [-0.39, 0.29) is 0 Å². The van der Waals surface area contributed by atoms with Gasteiger partial charge in [0.2, 0.25) is 0 Å². The maximum atomic E-state index is 11.4. The Morgan fingerprint density at radius 1 is 1.12 bits per heavy atom. The Labute approximate surface area is 45.7 Å². The smallest absolute Gasteiger partial charge is 0.375 e. The van der Waals surface area contributed by atoms with E-state index in [0.717, 1.165) is 13.8 Å². The zero-order valence-corrected chi connectivity index (χ0v) is 4.63. The van der Waals surface area contributed by atoms with Crippen LogP contribution in [0.2, 0.25) is 0 Å². The van der Waals surface area contributed by atoms with Gasteiger partial charge in [-0.3, -0.25) is 0 Å². The molecule has 1 nitrogen and oxygen atoms in total. The van der Waals surface area contributed by atoms with Gasteiger partial charge in [0.15, 0.2) is 0 Å². The lowest BCUT2D eigenvalue weighted by atomic mass is 10.1. The zero-order valence-electron chi connectivity index (χ0n) is 4.63. The topological polar surface area (TPSA) is 23.8 Å². The van der Waals surface area contributed by atoms with E-state index in [1.807, 2.05) is 0 Å². The van der Waals surface area contributed by atoms with E-state index in [2.05, 4.69) is 0 Å². The van der Waals surface area contributed by atoms with Crippen molar-refractivity contribution in [1.29, 1.82) is 0 Å². The summed E-state index contributed by atoms with van der Waals surface area (Å²) in [5.41, 5.74) is 4.15. The molecular formula is C4H7F3N-. The van der Waals surface area contributed by atoms with Crippen LogP contribution in [0, 0.1) is 0 Å². The Morgan fingerprint density at radius 3 is 1.25 bits per heavy atom. The third-order valence-corrected chi connectivity index (χ3v) is 0.709. The Morgan fingerprint density at radius 2 is 1.25 bits per heavy atom. The Balaban J connectivity index is 4.02. The minimum atomic E-state index is -4.40. The first-order valence-electron chi connectivity index (χ1n) is 2.07. The number of nitrogens with one attached hydrogen (secondary N) is 1. The minimum Gasteiger partial charge on any atom is -0.665 e. The van der Waals surface area contributed by atoms with Crippen LogP contribution >= 0.6 is 0 Å². The van der Waals surface area contributed by atoms with Crippen LogP contribution < -0.4 is 0 Å². The molecule has 0 aromatic rings. The lowest BCUT2D eigenvalue weighted by molar-refractivity contribution is -0.163. The Hall–Kier alpha value is -0.250. The van der Waals surface area contributed by atoms with Gasteiger partial charge in [-0.25, -0.2) is 0 Å². The summed E-state index contributed by atoms with van der Waals surface area (Å²) in [6.45, 7) is 1.62. The third kappa shape index (κ3) is 1.69. The minimum absolute atomic E-state index is 0.812. The lowest BCUT2D eigenvalue weighted by Crippen LogP contribution is -2.34. The van der Waals surface area contributed by atoms with Crippen LogP contribution in [0.4, 0.5) is 13.2 Å². The maximum absolute atomic E-state index is 11.4. The Kier molecular flexibility index (Phi) is 1.57. The monoisotopic (exact) mass is 126 g/mol. The largest absolute Gasteiger partial charge is 0.665 e. The summed E-state index contributed by atoms with van der Waals surface area (Å²) in [4.78, 5) is 0. The van der Waals surface area contributed by atoms with Gasteiger partial charge in [0, 0.05) is 0 Å². The molecule has 4 heteroatoms. The molecule has 0 aliphatic carbocycles. The summed E-state index contributed by atoms with van der Waals surface area (Å²) in [5, 5.41) is 0. The van der Waals surface area contributed by atoms with Crippen molar-refractivity contribution in [3.05, 3.63) is 5.73 Å². The van der Waals surface area contributed by atoms with Crippen molar-refractivity contribution in [1.82, 2.24) is 0 Å². The molecule has 0 bridgehead atoms. The summed E-state index contributed by atoms with van der Waals surface area (Å²) in [7, 11) is 0. The standard InChI is InChI=1S/C4H7F3N/c1-3(2,8)4(5,6)7/h8H,1-2H3/q-1. The van der Waals surface area contributed by atoms with Crippen LogP contribution in [0.5, 0.6) is 0 Å². The van der Waals surface area contributed by atoms with E-state index >= 15 is 0 Å². The molecule has 0 atom stereocenters. The summed E-state index contributed by atoms with van der Waals surface area (Å²) >= 11 is 0. The van der Waals surface area contributed by atoms with Crippen LogP contribution in [-0.4, -0.2) is 11.7 Å². The highest BCUT2D eigenvalue weighted by Gasteiger charge is 2.37. The molecule has 0 heterocycles. The fraction of sp³-hybridized carbons (Fsp3) is 1.00. The number of hydrogen-bond donors (Lipinski definition) is 0. The molecule has 1 N–H and O–H groups in total. The van der Waals surface area contributed by atoms with E-state index in [9.17, 15) is 13.2 Å². The van der Waals surface area contributed by atoms with Gasteiger partial charge >= 0.3 is 6.18 Å². The molecule has 0 saturated heterocycles. The lowest BCUT2D eigenvalue weighted by Gasteiger charge is -2.31. The molecule has 0 aromatic heterocycles. The maximum Gasteiger partial charge on any atom is 0.375 e. The van der Waals surface area contributed by atoms with Crippen molar-refractivity contribution in [2.24, 2.45) is 0 Å². The van der Waals surface area contributed by atoms with Crippen molar-refractivity contribution >= 4 is 0 Å². The van der Waals surface area contributed by atoms with Crippen molar-refractivity contribution in [2.75, 3.05) is 0 Å². The van der Waals surface area contributed by atoms with Gasteiger partial charge in [0.05, 0.1) is 0 Å². The first kappa shape index (κ1) is 7.75. The van der Waals surface area contributed by atoms with E-state index in [4.69, 9.17) is 5.73 Å². The molecule has 0 radical (unpaired) electrons. The molecule has 0 unspecified atom stereocenters. The molecule has 0 amide bonds. The van der Waals surface area contributed by atoms with Crippen LogP contribution in [0.1, 0.15) is 13.8 Å². The highest BCUT2D eigenvalue weighted by molar-refractivity contribution is 4.92. The fourth-order valence-corrected chi connectivity index (χ4v) is 0. The highest BCUT2D eigenvalue weighted by Crippen LogP contribution is 2.31. The molecule has 0 aliphatic rings. The second kappa shape index (κ2) is 1.62. The molecule has 0 fully saturated rings. The first-order valence-corrected chi connectivity index (χ1v) is 2.07. The predicted octanol–water partition coefficient (Wildman–Crippen LogP) is 2.38. The van der Waals surface area contributed by atoms with Crippen LogP contribution in [0.15, 0.2) is 0 Å². The average molecular weight is 126 g/mol. The van der Waals surface area contributed by atoms with Gasteiger partial charge in [-0.05, 0) is 5.54 Å². The van der Waals surface area contributed by atoms with Crippen molar-refractivity contribution in [2.45, 2.75) is 25.6 Å². The van der Waals surface area contributed by atoms with Crippen molar-refractivity contribution in [3.8, 4) is 0 Å². The molecule has 0 spiro atoms. The number of alkyl halides is 3. The van der Waals surface area contributed by atoms with E-state index in [1.165, 1.54) is 0 Å². The summed E-state index contributed by atoms with van der Waals surface area (Å²) in [6, 6.07) is 0. The number of rotatable bonds is 0. The average Bonchev–Trinajstić information content (AvgIpc) is 1.25. The van der Waals surface area contributed by atoms with Gasteiger partial charge in [-0.2, -0.15) is 13.2 Å². The van der Waals surface area contributed by atoms with E-state index in [0.29, 0.717) is 0 Å². The van der Waals surface area contributed by atoms with E-state index < -0.39 is 11.7 Å². The SMILES string of the molecule is CC(C)([NH-])C(F)(F)F. The van der Waals surface area contributed by atoms with Gasteiger partial charge < -0.3 is 5.73 Å². The summed E-state index contributed by atoms with van der Waals surface area (Å²) in [6.07, 6.45) is -4.40. The van der Waals surface area contributed by atoms with Crippen LogP contribution in [-0.2, 0) is 0 Å². The van der Waals surface area contributed by atoms with Gasteiger partial charge in [0.25, 0.3) is 0 Å². The zero-order chi connectivity index (χ0) is 7.00. The highest BCUT2D eigenvalue weighted by atomic mass is 19.4. The van der Waals surface area contributed by atoms with Crippen LogP contribution in [0.25, 0.3) is 5.73 Å². The third-order valence-electron chi connectivity index (χ3n) is 0.709. The summed E-state index contributed by atoms with van der Waals surface area (Å²) in [5.74, 6) is 0. The normalized spacial score (nSPS) is 14.2. The fourth-order valence-electron chi connectivity index (χ4n) is 0. The van der Waals surface area contributed by atoms with Crippen LogP contribution in [0.3, 0.4) is 0 Å². The molecular weight excluding hydrogens is 119 g/mol. The quantitative estimate of drug-likeness (QED) is 0.475. The summed E-state index contributed by atoms with van der Waals surface area (Å²) < 4.78 is 34.1. The number of hydrogen-bond acceptors (Lipinski definition) is 0. The predicted molar refractivity (Wildman–Crippen MR) is 24.5 cm³/mol. The molecule has 50 valence electrons. The molecule has 0 rings (SSSR count). The van der Waals surface area contributed by atoms with Gasteiger partial charge in [0.1, 0.15) is 0 Å².